The lowest BCUT2D eigenvalue weighted by Crippen LogP contribution is -2.48. The van der Waals surface area contributed by atoms with Gasteiger partial charge in [-0.05, 0) is 50.7 Å². The van der Waals surface area contributed by atoms with Crippen molar-refractivity contribution < 1.29 is 4.74 Å². The molecule has 5 heteroatoms. The lowest BCUT2D eigenvalue weighted by atomic mass is 10.0. The van der Waals surface area contributed by atoms with Gasteiger partial charge < -0.3 is 20.3 Å². The molecule has 0 amide bonds. The third-order valence-corrected chi connectivity index (χ3v) is 6.20. The number of rotatable bonds is 8. The zero-order chi connectivity index (χ0) is 20.2. The molecule has 162 valence electrons. The number of nitrogens with zero attached hydrogens (tertiary/aromatic N) is 2. The second-order valence-corrected chi connectivity index (χ2v) is 8.43. The van der Waals surface area contributed by atoms with Crippen LogP contribution in [0.3, 0.4) is 0 Å². The maximum atomic E-state index is 6.09. The number of anilines is 1. The van der Waals surface area contributed by atoms with Crippen molar-refractivity contribution in [3.8, 4) is 0 Å². The van der Waals surface area contributed by atoms with Gasteiger partial charge in [0.2, 0.25) is 0 Å². The summed E-state index contributed by atoms with van der Waals surface area (Å²) in [6.07, 6.45) is 13.0. The zero-order valence-electron chi connectivity index (χ0n) is 18.2. The summed E-state index contributed by atoms with van der Waals surface area (Å²) in [6, 6.07) is 11.2. The molecule has 1 saturated heterocycles. The number of para-hydroxylation sites is 1. The maximum Gasteiger partial charge on any atom is 0.191 e. The zero-order valence-corrected chi connectivity index (χ0v) is 18.2. The van der Waals surface area contributed by atoms with E-state index in [9.17, 15) is 0 Å². The number of unbranched alkanes of at least 4 members (excludes halogenated alkanes) is 1. The van der Waals surface area contributed by atoms with Crippen LogP contribution in [0.4, 0.5) is 5.69 Å². The van der Waals surface area contributed by atoms with Crippen molar-refractivity contribution in [2.45, 2.75) is 76.4 Å². The minimum atomic E-state index is 0.500. The second-order valence-electron chi connectivity index (χ2n) is 8.43. The Morgan fingerprint density at radius 2 is 1.72 bits per heavy atom. The highest BCUT2D eigenvalue weighted by molar-refractivity contribution is 5.79. The van der Waals surface area contributed by atoms with E-state index in [4.69, 9.17) is 4.74 Å². The lowest BCUT2D eigenvalue weighted by Gasteiger charge is -2.34. The van der Waals surface area contributed by atoms with E-state index in [0.29, 0.717) is 12.1 Å². The summed E-state index contributed by atoms with van der Waals surface area (Å²) in [5.74, 6) is 0.938. The van der Waals surface area contributed by atoms with Gasteiger partial charge in [0.15, 0.2) is 5.96 Å². The smallest absolute Gasteiger partial charge is 0.191 e. The number of guanidine groups is 1. The maximum absolute atomic E-state index is 6.09. The van der Waals surface area contributed by atoms with E-state index in [0.717, 1.165) is 57.9 Å². The predicted molar refractivity (Wildman–Crippen MR) is 123 cm³/mol. The van der Waals surface area contributed by atoms with Crippen LogP contribution in [-0.2, 0) is 4.74 Å². The van der Waals surface area contributed by atoms with Crippen molar-refractivity contribution >= 4 is 11.6 Å². The fourth-order valence-electron chi connectivity index (χ4n) is 4.40. The first-order valence-electron chi connectivity index (χ1n) is 11.7. The molecular weight excluding hydrogens is 360 g/mol. The first kappa shape index (κ1) is 21.9. The Morgan fingerprint density at radius 1 is 1.00 bits per heavy atom. The van der Waals surface area contributed by atoms with Crippen LogP contribution in [0.1, 0.15) is 64.2 Å². The Bertz CT molecular complexity index is 576. The molecule has 2 N–H and O–H groups in total. The third-order valence-electron chi connectivity index (χ3n) is 6.20. The van der Waals surface area contributed by atoms with Crippen LogP contribution < -0.4 is 15.5 Å². The monoisotopic (exact) mass is 400 g/mol. The van der Waals surface area contributed by atoms with E-state index in [1.54, 1.807) is 0 Å². The summed E-state index contributed by atoms with van der Waals surface area (Å²) in [5, 5.41) is 7.09. The SMILES string of the molecule is CN=C(NCCCCOC1CCCCCC1)NC1CCN(c2ccccc2)CC1. The summed E-state index contributed by atoms with van der Waals surface area (Å²) >= 11 is 0. The van der Waals surface area contributed by atoms with Crippen LogP contribution in [0.25, 0.3) is 0 Å². The van der Waals surface area contributed by atoms with E-state index in [2.05, 4.69) is 50.9 Å². The fourth-order valence-corrected chi connectivity index (χ4v) is 4.40. The molecular formula is C24H40N4O. The summed E-state index contributed by atoms with van der Waals surface area (Å²) in [4.78, 5) is 6.89. The summed E-state index contributed by atoms with van der Waals surface area (Å²) in [5.41, 5.74) is 1.33. The van der Waals surface area contributed by atoms with Crippen molar-refractivity contribution in [1.82, 2.24) is 10.6 Å². The largest absolute Gasteiger partial charge is 0.378 e. The van der Waals surface area contributed by atoms with Gasteiger partial charge in [0.1, 0.15) is 0 Å². The predicted octanol–water partition coefficient (Wildman–Crippen LogP) is 4.34. The van der Waals surface area contributed by atoms with E-state index in [1.165, 1.54) is 44.2 Å². The molecule has 0 atom stereocenters. The van der Waals surface area contributed by atoms with Crippen LogP contribution in [0, 0.1) is 0 Å². The van der Waals surface area contributed by atoms with Gasteiger partial charge in [0.05, 0.1) is 6.10 Å². The van der Waals surface area contributed by atoms with Gasteiger partial charge >= 0.3 is 0 Å². The van der Waals surface area contributed by atoms with E-state index in [-0.39, 0.29) is 0 Å². The molecule has 1 heterocycles. The standard InChI is InChI=1S/C24H40N4O/c1-25-24(26-17-9-10-20-29-23-13-7-2-3-8-14-23)27-21-15-18-28(19-16-21)22-11-5-4-6-12-22/h4-6,11-12,21,23H,2-3,7-10,13-20H2,1H3,(H2,25,26,27). The molecule has 29 heavy (non-hydrogen) atoms. The molecule has 0 bridgehead atoms. The van der Waals surface area contributed by atoms with Crippen LogP contribution >= 0.6 is 0 Å². The third kappa shape index (κ3) is 7.88. The molecule has 0 radical (unpaired) electrons. The minimum Gasteiger partial charge on any atom is -0.378 e. The fraction of sp³-hybridized carbons (Fsp3) is 0.708. The quantitative estimate of drug-likeness (QED) is 0.295. The molecule has 0 unspecified atom stereocenters. The van der Waals surface area contributed by atoms with Crippen molar-refractivity contribution in [3.05, 3.63) is 30.3 Å². The number of hydrogen-bond acceptors (Lipinski definition) is 3. The minimum absolute atomic E-state index is 0.500. The Kier molecular flexibility index (Phi) is 9.64. The van der Waals surface area contributed by atoms with Crippen molar-refractivity contribution in [3.63, 3.8) is 0 Å². The van der Waals surface area contributed by atoms with Gasteiger partial charge in [-0.3, -0.25) is 4.99 Å². The van der Waals surface area contributed by atoms with Crippen LogP contribution in [-0.4, -0.2) is 51.4 Å². The second kappa shape index (κ2) is 12.7. The highest BCUT2D eigenvalue weighted by Crippen LogP contribution is 2.20. The molecule has 2 fully saturated rings. The van der Waals surface area contributed by atoms with Crippen LogP contribution in [0.15, 0.2) is 35.3 Å². The van der Waals surface area contributed by atoms with Gasteiger partial charge in [0.25, 0.3) is 0 Å². The topological polar surface area (TPSA) is 48.9 Å². The van der Waals surface area contributed by atoms with Crippen molar-refractivity contribution in [1.29, 1.82) is 0 Å². The van der Waals surface area contributed by atoms with Crippen LogP contribution in [0.5, 0.6) is 0 Å². The van der Waals surface area contributed by atoms with E-state index >= 15 is 0 Å². The average molecular weight is 401 g/mol. The molecule has 1 aliphatic heterocycles. The number of piperidine rings is 1. The molecule has 1 aromatic rings. The van der Waals surface area contributed by atoms with Gasteiger partial charge in [-0.1, -0.05) is 43.9 Å². The number of hydrogen-bond donors (Lipinski definition) is 2. The Balaban J connectivity index is 1.25. The highest BCUT2D eigenvalue weighted by Gasteiger charge is 2.20. The van der Waals surface area contributed by atoms with E-state index < -0.39 is 0 Å². The Morgan fingerprint density at radius 3 is 2.41 bits per heavy atom. The van der Waals surface area contributed by atoms with Gasteiger partial charge in [-0.25, -0.2) is 0 Å². The van der Waals surface area contributed by atoms with Gasteiger partial charge in [-0.15, -0.1) is 0 Å². The molecule has 0 spiro atoms. The molecule has 2 aliphatic rings. The Labute approximate surface area is 177 Å². The number of aliphatic imine (C=N–C) groups is 1. The van der Waals surface area contributed by atoms with Crippen molar-refractivity contribution in [2.75, 3.05) is 38.2 Å². The summed E-state index contributed by atoms with van der Waals surface area (Å²) < 4.78 is 6.09. The molecule has 1 saturated carbocycles. The first-order chi connectivity index (χ1) is 14.3. The summed E-state index contributed by atoms with van der Waals surface area (Å²) in [7, 11) is 1.86. The highest BCUT2D eigenvalue weighted by atomic mass is 16.5. The normalized spacial score (nSPS) is 19.8. The van der Waals surface area contributed by atoms with E-state index in [1.807, 2.05) is 7.05 Å². The molecule has 1 aliphatic carbocycles. The first-order valence-corrected chi connectivity index (χ1v) is 11.7. The lowest BCUT2D eigenvalue weighted by molar-refractivity contribution is 0.0411. The van der Waals surface area contributed by atoms with Gasteiger partial charge in [-0.2, -0.15) is 0 Å². The number of benzene rings is 1. The number of nitrogens with one attached hydrogen (secondary N) is 2. The average Bonchev–Trinajstić information content (AvgIpc) is 3.05. The molecule has 0 aromatic heterocycles. The van der Waals surface area contributed by atoms with Crippen LogP contribution in [0.2, 0.25) is 0 Å². The summed E-state index contributed by atoms with van der Waals surface area (Å²) in [6.45, 7) is 4.04. The van der Waals surface area contributed by atoms with Crippen molar-refractivity contribution in [2.24, 2.45) is 4.99 Å². The van der Waals surface area contributed by atoms with Gasteiger partial charge in [0, 0.05) is 45.0 Å². The molecule has 3 rings (SSSR count). The Hall–Kier alpha value is -1.75. The molecule has 1 aromatic carbocycles. The molecule has 5 nitrogen and oxygen atoms in total. The number of ether oxygens (including phenoxy) is 1.